The minimum Gasteiger partial charge on any atom is -0.394 e. The molecule has 5 rings (SSSR count). The highest BCUT2D eigenvalue weighted by Gasteiger charge is 2.43. The average molecular weight is 574 g/mol. The van der Waals surface area contributed by atoms with Crippen LogP contribution in [0.5, 0.6) is 0 Å². The summed E-state index contributed by atoms with van der Waals surface area (Å²) >= 11 is 6.27. The van der Waals surface area contributed by atoms with E-state index in [1.54, 1.807) is 0 Å². The number of aliphatic hydroxyl groups is 1. The van der Waals surface area contributed by atoms with E-state index in [0.29, 0.717) is 42.1 Å². The van der Waals surface area contributed by atoms with E-state index in [9.17, 15) is 4.39 Å². The first-order valence-electron chi connectivity index (χ1n) is 15.2. The van der Waals surface area contributed by atoms with E-state index >= 15 is 0 Å². The highest BCUT2D eigenvalue weighted by Crippen LogP contribution is 2.51. The molecule has 0 aliphatic heterocycles. The minimum absolute atomic E-state index is 0.109. The molecule has 3 aliphatic carbocycles. The summed E-state index contributed by atoms with van der Waals surface area (Å²) < 4.78 is 20.4. The standard InChI is InChI=1S/C31H45ClFN5O2/c32-27-6-2-1-5-25(27)19-35-30-36-20-28(33)29(38-30)37-21-31-11-3-4-23(15-31)14-24(16-31)18-34-17-22-7-9-26(10-8-22)40-13-12-39/h1-2,5-6,20,22-24,26,34,39H,3-4,7-19,21H2,(H2,35,36,37,38)/t22?,23?,24-,26?,31-/m1/s1. The van der Waals surface area contributed by atoms with Gasteiger partial charge in [0.15, 0.2) is 11.6 Å². The molecule has 3 aliphatic rings. The number of benzene rings is 1. The first-order valence-corrected chi connectivity index (χ1v) is 15.6. The number of hydrogen-bond donors (Lipinski definition) is 4. The van der Waals surface area contributed by atoms with Crippen molar-refractivity contribution in [3.63, 3.8) is 0 Å². The molecule has 4 N–H and O–H groups in total. The fourth-order valence-electron chi connectivity index (χ4n) is 7.40. The molecule has 3 saturated carbocycles. The molecule has 3 atom stereocenters. The van der Waals surface area contributed by atoms with Crippen LogP contribution in [0.3, 0.4) is 0 Å². The first-order chi connectivity index (χ1) is 19.5. The van der Waals surface area contributed by atoms with E-state index in [-0.39, 0.29) is 17.8 Å². The molecule has 0 radical (unpaired) electrons. The molecule has 220 valence electrons. The Bertz CT molecular complexity index is 1090. The SMILES string of the molecule is OCCOC1CCC(CNC[C@@H]2CC3CCC[C@@](CNc4nc(NCc5ccccc5Cl)ncc4F)(C3)C2)CC1. The summed E-state index contributed by atoms with van der Waals surface area (Å²) in [7, 11) is 0. The summed E-state index contributed by atoms with van der Waals surface area (Å²) in [6.07, 6.45) is 13.6. The van der Waals surface area contributed by atoms with Gasteiger partial charge in [-0.05, 0) is 99.3 Å². The van der Waals surface area contributed by atoms with Crippen molar-refractivity contribution in [3.8, 4) is 0 Å². The zero-order valence-electron chi connectivity index (χ0n) is 23.5. The summed E-state index contributed by atoms with van der Waals surface area (Å²) in [4.78, 5) is 8.60. The van der Waals surface area contributed by atoms with Crippen LogP contribution in [0.25, 0.3) is 0 Å². The predicted molar refractivity (Wildman–Crippen MR) is 158 cm³/mol. The van der Waals surface area contributed by atoms with Crippen LogP contribution in [0.1, 0.15) is 69.8 Å². The third-order valence-electron chi connectivity index (χ3n) is 9.30. The number of rotatable bonds is 13. The van der Waals surface area contributed by atoms with Crippen molar-refractivity contribution in [2.24, 2.45) is 23.2 Å². The summed E-state index contributed by atoms with van der Waals surface area (Å²) in [5, 5.41) is 20.0. The van der Waals surface area contributed by atoms with Gasteiger partial charge in [0.1, 0.15) is 0 Å². The number of nitrogens with zero attached hydrogens (tertiary/aromatic N) is 2. The molecule has 40 heavy (non-hydrogen) atoms. The van der Waals surface area contributed by atoms with Crippen molar-refractivity contribution >= 4 is 23.4 Å². The third kappa shape index (κ3) is 8.05. The van der Waals surface area contributed by atoms with Crippen molar-refractivity contribution in [3.05, 3.63) is 46.9 Å². The number of ether oxygens (including phenoxy) is 1. The predicted octanol–water partition coefficient (Wildman–Crippen LogP) is 6.04. The lowest BCUT2D eigenvalue weighted by molar-refractivity contribution is 0.000243. The third-order valence-corrected chi connectivity index (χ3v) is 9.67. The normalized spacial score (nSPS) is 28.3. The summed E-state index contributed by atoms with van der Waals surface area (Å²) in [5.74, 6) is 2.38. The summed E-state index contributed by atoms with van der Waals surface area (Å²) in [5.41, 5.74) is 1.14. The summed E-state index contributed by atoms with van der Waals surface area (Å²) in [6, 6.07) is 7.63. The van der Waals surface area contributed by atoms with Gasteiger partial charge >= 0.3 is 0 Å². The Morgan fingerprint density at radius 1 is 1.05 bits per heavy atom. The number of halogens is 2. The Morgan fingerprint density at radius 2 is 1.88 bits per heavy atom. The minimum atomic E-state index is -0.419. The number of fused-ring (bicyclic) bond motifs is 2. The van der Waals surface area contributed by atoms with Crippen molar-refractivity contribution in [2.75, 3.05) is 43.5 Å². The Hall–Kier alpha value is -2.00. The van der Waals surface area contributed by atoms with E-state index in [1.807, 2.05) is 24.3 Å². The second-order valence-corrected chi connectivity index (χ2v) is 12.8. The fraction of sp³-hybridized carbons (Fsp3) is 0.677. The smallest absolute Gasteiger partial charge is 0.225 e. The molecule has 1 aromatic carbocycles. The monoisotopic (exact) mass is 573 g/mol. The number of aromatic nitrogens is 2. The van der Waals surface area contributed by atoms with Crippen molar-refractivity contribution in [2.45, 2.75) is 76.9 Å². The molecule has 7 nitrogen and oxygen atoms in total. The molecule has 0 spiro atoms. The lowest BCUT2D eigenvalue weighted by Crippen LogP contribution is -2.44. The highest BCUT2D eigenvalue weighted by atomic mass is 35.5. The van der Waals surface area contributed by atoms with Crippen LogP contribution in [-0.4, -0.2) is 54.0 Å². The molecule has 9 heteroatoms. The van der Waals surface area contributed by atoms with Crippen molar-refractivity contribution in [1.82, 2.24) is 15.3 Å². The lowest BCUT2D eigenvalue weighted by Gasteiger charge is -2.49. The maximum absolute atomic E-state index is 14.7. The highest BCUT2D eigenvalue weighted by molar-refractivity contribution is 6.31. The zero-order chi connectivity index (χ0) is 27.8. The van der Waals surface area contributed by atoms with Crippen LogP contribution in [0.2, 0.25) is 5.02 Å². The van der Waals surface area contributed by atoms with Gasteiger partial charge in [-0.3, -0.25) is 0 Å². The Balaban J connectivity index is 1.11. The van der Waals surface area contributed by atoms with Gasteiger partial charge in [0.05, 0.1) is 25.5 Å². The van der Waals surface area contributed by atoms with E-state index < -0.39 is 5.82 Å². The lowest BCUT2D eigenvalue weighted by atomic mass is 9.59. The Kier molecular flexibility index (Phi) is 10.5. The molecule has 0 saturated heterocycles. The van der Waals surface area contributed by atoms with Gasteiger partial charge in [-0.2, -0.15) is 4.98 Å². The van der Waals surface area contributed by atoms with Gasteiger partial charge in [-0.15, -0.1) is 0 Å². The van der Waals surface area contributed by atoms with Gasteiger partial charge in [-0.1, -0.05) is 42.6 Å². The van der Waals surface area contributed by atoms with Crippen LogP contribution in [0.4, 0.5) is 16.2 Å². The largest absolute Gasteiger partial charge is 0.394 e. The van der Waals surface area contributed by atoms with Crippen molar-refractivity contribution in [1.29, 1.82) is 0 Å². The number of anilines is 2. The van der Waals surface area contributed by atoms with E-state index in [2.05, 4.69) is 25.9 Å². The van der Waals surface area contributed by atoms with Crippen LogP contribution < -0.4 is 16.0 Å². The van der Waals surface area contributed by atoms with Gasteiger partial charge in [0.2, 0.25) is 5.95 Å². The molecule has 1 unspecified atom stereocenters. The number of nitrogens with one attached hydrogen (secondary N) is 3. The molecular weight excluding hydrogens is 529 g/mol. The quantitative estimate of drug-likeness (QED) is 0.232. The Labute approximate surface area is 243 Å². The fourth-order valence-corrected chi connectivity index (χ4v) is 7.60. The summed E-state index contributed by atoms with van der Waals surface area (Å²) in [6.45, 7) is 3.93. The maximum Gasteiger partial charge on any atom is 0.225 e. The van der Waals surface area contributed by atoms with Crippen molar-refractivity contribution < 1.29 is 14.2 Å². The van der Waals surface area contributed by atoms with Crippen LogP contribution >= 0.6 is 11.6 Å². The van der Waals surface area contributed by atoms with Gasteiger partial charge < -0.3 is 25.8 Å². The second kappa shape index (κ2) is 14.3. The zero-order valence-corrected chi connectivity index (χ0v) is 24.3. The molecule has 1 heterocycles. The molecule has 2 aromatic rings. The second-order valence-electron chi connectivity index (χ2n) is 12.4. The van der Waals surface area contributed by atoms with Crippen LogP contribution in [0, 0.1) is 29.0 Å². The molecule has 3 fully saturated rings. The number of hydrogen-bond acceptors (Lipinski definition) is 7. The first kappa shape index (κ1) is 29.5. The molecule has 1 aromatic heterocycles. The Morgan fingerprint density at radius 3 is 2.70 bits per heavy atom. The van der Waals surface area contributed by atoms with Gasteiger partial charge in [-0.25, -0.2) is 9.37 Å². The number of aliphatic hydroxyl groups excluding tert-OH is 1. The average Bonchev–Trinajstić information content (AvgIpc) is 2.96. The molecule has 0 amide bonds. The van der Waals surface area contributed by atoms with Crippen LogP contribution in [-0.2, 0) is 11.3 Å². The van der Waals surface area contributed by atoms with E-state index in [4.69, 9.17) is 21.4 Å². The van der Waals surface area contributed by atoms with Gasteiger partial charge in [0, 0.05) is 18.1 Å². The van der Waals surface area contributed by atoms with Gasteiger partial charge in [0.25, 0.3) is 0 Å². The maximum atomic E-state index is 14.7. The molecule has 2 bridgehead atoms. The van der Waals surface area contributed by atoms with E-state index in [0.717, 1.165) is 44.0 Å². The molecular formula is C31H45ClFN5O2. The van der Waals surface area contributed by atoms with Crippen LogP contribution in [0.15, 0.2) is 30.5 Å². The van der Waals surface area contributed by atoms with E-state index in [1.165, 1.54) is 57.6 Å². The topological polar surface area (TPSA) is 91.3 Å².